The van der Waals surface area contributed by atoms with Crippen molar-refractivity contribution in [3.05, 3.63) is 0 Å². The van der Waals surface area contributed by atoms with Gasteiger partial charge in [0.1, 0.15) is 6.10 Å². The Morgan fingerprint density at radius 3 is 2.33 bits per heavy atom. The van der Waals surface area contributed by atoms with Crippen molar-refractivity contribution in [1.82, 2.24) is 0 Å². The minimum atomic E-state index is -0.0350. The van der Waals surface area contributed by atoms with E-state index < -0.39 is 0 Å². The highest BCUT2D eigenvalue weighted by molar-refractivity contribution is 5.70. The van der Waals surface area contributed by atoms with Crippen molar-refractivity contribution in [1.29, 1.82) is 0 Å². The molecule has 1 aliphatic rings. The average molecular weight is 170 g/mol. The first-order valence-corrected chi connectivity index (χ1v) is 4.67. The minimum Gasteiger partial charge on any atom is -0.462 e. The normalized spacial score (nSPS) is 18.6. The molecule has 0 saturated heterocycles. The maximum atomic E-state index is 11.2. The van der Waals surface area contributed by atoms with Crippen molar-refractivity contribution < 1.29 is 9.53 Å². The fourth-order valence-electron chi connectivity index (χ4n) is 1.15. The van der Waals surface area contributed by atoms with E-state index in [0.717, 1.165) is 12.8 Å². The molecule has 0 spiro atoms. The van der Waals surface area contributed by atoms with Gasteiger partial charge < -0.3 is 4.74 Å². The first-order valence-electron chi connectivity index (χ1n) is 4.67. The number of hydrogen-bond acceptors (Lipinski definition) is 2. The number of carbonyl (C=O) groups is 1. The van der Waals surface area contributed by atoms with E-state index in [2.05, 4.69) is 20.8 Å². The van der Waals surface area contributed by atoms with Gasteiger partial charge in [0.2, 0.25) is 0 Å². The van der Waals surface area contributed by atoms with Crippen LogP contribution in [0.3, 0.4) is 0 Å². The number of esters is 1. The molecule has 0 aromatic rings. The Kier molecular flexibility index (Phi) is 2.76. The van der Waals surface area contributed by atoms with Crippen LogP contribution in [0.4, 0.5) is 0 Å². The van der Waals surface area contributed by atoms with Gasteiger partial charge in [-0.05, 0) is 24.7 Å². The predicted molar refractivity (Wildman–Crippen MR) is 47.8 cm³/mol. The Morgan fingerprint density at radius 2 is 2.00 bits per heavy atom. The van der Waals surface area contributed by atoms with Gasteiger partial charge in [0.25, 0.3) is 0 Å². The van der Waals surface area contributed by atoms with Gasteiger partial charge in [0.05, 0.1) is 6.42 Å². The highest BCUT2D eigenvalue weighted by atomic mass is 16.5. The van der Waals surface area contributed by atoms with Crippen LogP contribution >= 0.6 is 0 Å². The molecule has 0 amide bonds. The van der Waals surface area contributed by atoms with Gasteiger partial charge in [-0.2, -0.15) is 0 Å². The first kappa shape index (κ1) is 9.56. The monoisotopic (exact) mass is 170 g/mol. The van der Waals surface area contributed by atoms with Crippen LogP contribution < -0.4 is 0 Å². The van der Waals surface area contributed by atoms with Crippen LogP contribution in [-0.4, -0.2) is 12.1 Å². The van der Waals surface area contributed by atoms with Crippen molar-refractivity contribution >= 4 is 5.97 Å². The lowest BCUT2D eigenvalue weighted by Gasteiger charge is -2.27. The standard InChI is InChI=1S/C10H18O2/c1-10(2,3)7-9(11)12-8-5-4-6-8/h8H,4-7H2,1-3H3. The molecule has 1 rings (SSSR count). The van der Waals surface area contributed by atoms with Gasteiger partial charge in [-0.15, -0.1) is 0 Å². The molecule has 0 aromatic heterocycles. The van der Waals surface area contributed by atoms with Crippen LogP contribution in [0.1, 0.15) is 46.5 Å². The SMILES string of the molecule is CC(C)(C)CC(=O)OC1CCC1. The molecule has 0 radical (unpaired) electrons. The van der Waals surface area contributed by atoms with E-state index in [0.29, 0.717) is 6.42 Å². The summed E-state index contributed by atoms with van der Waals surface area (Å²) in [5.41, 5.74) is 0.0564. The Labute approximate surface area is 74.3 Å². The molecule has 2 heteroatoms. The fraction of sp³-hybridized carbons (Fsp3) is 0.900. The van der Waals surface area contributed by atoms with Crippen molar-refractivity contribution in [2.75, 3.05) is 0 Å². The second-order valence-corrected chi connectivity index (χ2v) is 4.78. The maximum absolute atomic E-state index is 11.2. The summed E-state index contributed by atoms with van der Waals surface area (Å²) in [5, 5.41) is 0. The van der Waals surface area contributed by atoms with Gasteiger partial charge in [-0.3, -0.25) is 4.79 Å². The smallest absolute Gasteiger partial charge is 0.306 e. The van der Waals surface area contributed by atoms with Crippen LogP contribution in [0, 0.1) is 5.41 Å². The molecule has 0 N–H and O–H groups in total. The molecule has 70 valence electrons. The van der Waals surface area contributed by atoms with Crippen molar-refractivity contribution in [2.45, 2.75) is 52.6 Å². The third-order valence-electron chi connectivity index (χ3n) is 2.02. The largest absolute Gasteiger partial charge is 0.462 e. The fourth-order valence-corrected chi connectivity index (χ4v) is 1.15. The Morgan fingerprint density at radius 1 is 1.42 bits per heavy atom. The molecule has 1 fully saturated rings. The summed E-state index contributed by atoms with van der Waals surface area (Å²) in [6.07, 6.45) is 4.11. The van der Waals surface area contributed by atoms with Gasteiger partial charge in [0.15, 0.2) is 0 Å². The summed E-state index contributed by atoms with van der Waals surface area (Å²) in [6.45, 7) is 6.15. The highest BCUT2D eigenvalue weighted by Crippen LogP contribution is 2.25. The minimum absolute atomic E-state index is 0.0350. The first-order chi connectivity index (χ1) is 5.47. The zero-order valence-corrected chi connectivity index (χ0v) is 8.22. The van der Waals surface area contributed by atoms with Crippen molar-refractivity contribution in [2.24, 2.45) is 5.41 Å². The zero-order valence-electron chi connectivity index (χ0n) is 8.22. The Bertz CT molecular complexity index is 163. The molecule has 12 heavy (non-hydrogen) atoms. The molecule has 2 nitrogen and oxygen atoms in total. The van der Waals surface area contributed by atoms with Crippen LogP contribution in [0.5, 0.6) is 0 Å². The lowest BCUT2D eigenvalue weighted by molar-refractivity contribution is -0.155. The summed E-state index contributed by atoms with van der Waals surface area (Å²) < 4.78 is 5.22. The summed E-state index contributed by atoms with van der Waals surface area (Å²) in [6, 6.07) is 0. The van der Waals surface area contributed by atoms with Crippen LogP contribution in [0.25, 0.3) is 0 Å². The van der Waals surface area contributed by atoms with Crippen molar-refractivity contribution in [3.63, 3.8) is 0 Å². The summed E-state index contributed by atoms with van der Waals surface area (Å²) in [4.78, 5) is 11.2. The van der Waals surface area contributed by atoms with E-state index in [1.54, 1.807) is 0 Å². The molecule has 1 saturated carbocycles. The lowest BCUT2D eigenvalue weighted by atomic mass is 9.92. The summed E-state index contributed by atoms with van der Waals surface area (Å²) in [5.74, 6) is -0.0350. The Hall–Kier alpha value is -0.530. The van der Waals surface area contributed by atoms with Crippen LogP contribution in [0.15, 0.2) is 0 Å². The second-order valence-electron chi connectivity index (χ2n) is 4.78. The van der Waals surface area contributed by atoms with E-state index >= 15 is 0 Å². The molecule has 0 heterocycles. The van der Waals surface area contributed by atoms with Crippen LogP contribution in [-0.2, 0) is 9.53 Å². The Balaban J connectivity index is 2.19. The van der Waals surface area contributed by atoms with Crippen molar-refractivity contribution in [3.8, 4) is 0 Å². The maximum Gasteiger partial charge on any atom is 0.306 e. The molecule has 0 aromatic carbocycles. The van der Waals surface area contributed by atoms with Gasteiger partial charge in [0, 0.05) is 0 Å². The molecule has 0 aliphatic heterocycles. The molecule has 0 bridgehead atoms. The lowest BCUT2D eigenvalue weighted by Crippen LogP contribution is -2.27. The van der Waals surface area contributed by atoms with E-state index in [1.807, 2.05) is 0 Å². The summed E-state index contributed by atoms with van der Waals surface area (Å²) >= 11 is 0. The predicted octanol–water partition coefficient (Wildman–Crippen LogP) is 2.52. The molecule has 0 atom stereocenters. The number of ether oxygens (including phenoxy) is 1. The van der Waals surface area contributed by atoms with E-state index in [-0.39, 0.29) is 17.5 Å². The molecule has 1 aliphatic carbocycles. The second kappa shape index (κ2) is 3.46. The third kappa shape index (κ3) is 3.24. The third-order valence-corrected chi connectivity index (χ3v) is 2.02. The van der Waals surface area contributed by atoms with Gasteiger partial charge in [-0.25, -0.2) is 0 Å². The van der Waals surface area contributed by atoms with E-state index in [4.69, 9.17) is 4.74 Å². The topological polar surface area (TPSA) is 26.3 Å². The number of carbonyl (C=O) groups excluding carboxylic acids is 1. The quantitative estimate of drug-likeness (QED) is 0.595. The number of rotatable bonds is 2. The molecule has 0 unspecified atom stereocenters. The molecular formula is C10H18O2. The highest BCUT2D eigenvalue weighted by Gasteiger charge is 2.24. The van der Waals surface area contributed by atoms with Gasteiger partial charge >= 0.3 is 5.97 Å². The van der Waals surface area contributed by atoms with E-state index in [9.17, 15) is 4.79 Å². The summed E-state index contributed by atoms with van der Waals surface area (Å²) in [7, 11) is 0. The number of hydrogen-bond donors (Lipinski definition) is 0. The zero-order chi connectivity index (χ0) is 9.19. The average Bonchev–Trinajstić information content (AvgIpc) is 1.74. The molecular weight excluding hydrogens is 152 g/mol. The van der Waals surface area contributed by atoms with Crippen LogP contribution in [0.2, 0.25) is 0 Å². The van der Waals surface area contributed by atoms with E-state index in [1.165, 1.54) is 6.42 Å². The van der Waals surface area contributed by atoms with Gasteiger partial charge in [-0.1, -0.05) is 20.8 Å².